The fourth-order valence-corrected chi connectivity index (χ4v) is 2.94. The van der Waals surface area contributed by atoms with E-state index in [1.54, 1.807) is 0 Å². The molecule has 0 aromatic heterocycles. The maximum absolute atomic E-state index is 12.0. The van der Waals surface area contributed by atoms with E-state index in [0.717, 1.165) is 19.3 Å². The van der Waals surface area contributed by atoms with Crippen molar-refractivity contribution >= 4 is 11.9 Å². The van der Waals surface area contributed by atoms with Crippen LogP contribution in [0.2, 0.25) is 0 Å². The largest absolute Gasteiger partial charge is 0.481 e. The minimum atomic E-state index is -0.937. The summed E-state index contributed by atoms with van der Waals surface area (Å²) in [6.07, 6.45) is 4.06. The Morgan fingerprint density at radius 3 is 2.74 bits per heavy atom. The molecule has 1 saturated carbocycles. The number of ether oxygens (including phenoxy) is 1. The van der Waals surface area contributed by atoms with Crippen molar-refractivity contribution in [1.82, 2.24) is 5.32 Å². The Bertz CT molecular complexity index is 353. The number of aliphatic carboxylic acids is 1. The van der Waals surface area contributed by atoms with E-state index in [1.165, 1.54) is 0 Å². The summed E-state index contributed by atoms with van der Waals surface area (Å²) in [5.41, 5.74) is 5.02. The smallest absolute Gasteiger partial charge is 0.306 e. The van der Waals surface area contributed by atoms with Crippen LogP contribution in [0.25, 0.3) is 0 Å². The quantitative estimate of drug-likeness (QED) is 0.673. The van der Waals surface area contributed by atoms with E-state index in [1.807, 2.05) is 0 Å². The third kappa shape index (κ3) is 3.25. The summed E-state index contributed by atoms with van der Waals surface area (Å²) in [5, 5.41) is 12.0. The van der Waals surface area contributed by atoms with Crippen molar-refractivity contribution in [2.24, 2.45) is 17.6 Å². The molecular formula is C13H22N2O4. The Balaban J connectivity index is 1.86. The van der Waals surface area contributed by atoms with Crippen LogP contribution in [0.15, 0.2) is 0 Å². The highest BCUT2D eigenvalue weighted by Crippen LogP contribution is 2.30. The summed E-state index contributed by atoms with van der Waals surface area (Å²) in [6.45, 7) is 1.14. The van der Waals surface area contributed by atoms with Crippen LogP contribution in [0.1, 0.15) is 32.1 Å². The molecule has 108 valence electrons. The average molecular weight is 270 g/mol. The van der Waals surface area contributed by atoms with E-state index in [-0.39, 0.29) is 24.3 Å². The van der Waals surface area contributed by atoms with E-state index < -0.39 is 11.5 Å². The van der Waals surface area contributed by atoms with Gasteiger partial charge in [-0.05, 0) is 25.2 Å². The molecule has 2 rings (SSSR count). The fourth-order valence-electron chi connectivity index (χ4n) is 2.94. The lowest BCUT2D eigenvalue weighted by Crippen LogP contribution is -2.55. The number of hydrogen-bond acceptors (Lipinski definition) is 4. The predicted molar refractivity (Wildman–Crippen MR) is 68.4 cm³/mol. The zero-order chi connectivity index (χ0) is 13.9. The van der Waals surface area contributed by atoms with Crippen molar-refractivity contribution in [2.45, 2.75) is 37.6 Å². The Labute approximate surface area is 112 Å². The van der Waals surface area contributed by atoms with Crippen LogP contribution in [0.5, 0.6) is 0 Å². The third-order valence-corrected chi connectivity index (χ3v) is 4.26. The summed E-state index contributed by atoms with van der Waals surface area (Å²) in [6, 6.07) is 0. The van der Waals surface area contributed by atoms with Crippen molar-refractivity contribution in [3.8, 4) is 0 Å². The molecule has 0 spiro atoms. The van der Waals surface area contributed by atoms with Gasteiger partial charge in [0.05, 0.1) is 12.5 Å². The highest BCUT2D eigenvalue weighted by Gasteiger charge is 2.39. The molecule has 2 aliphatic rings. The maximum Gasteiger partial charge on any atom is 0.306 e. The number of carboxylic acid groups (broad SMARTS) is 1. The van der Waals surface area contributed by atoms with Gasteiger partial charge in [0.1, 0.15) is 5.54 Å². The monoisotopic (exact) mass is 270 g/mol. The number of nitrogens with two attached hydrogens (primary N) is 1. The fraction of sp³-hybridized carbons (Fsp3) is 0.846. The molecule has 0 aromatic rings. The molecule has 3 unspecified atom stereocenters. The minimum Gasteiger partial charge on any atom is -0.481 e. The van der Waals surface area contributed by atoms with Crippen LogP contribution >= 0.6 is 0 Å². The Morgan fingerprint density at radius 2 is 2.11 bits per heavy atom. The molecule has 0 aromatic carbocycles. The van der Waals surface area contributed by atoms with Crippen LogP contribution in [0.4, 0.5) is 0 Å². The zero-order valence-corrected chi connectivity index (χ0v) is 11.1. The van der Waals surface area contributed by atoms with Gasteiger partial charge in [0.2, 0.25) is 5.91 Å². The second-order valence-corrected chi connectivity index (χ2v) is 5.66. The standard InChI is InChI=1S/C13H22N2O4/c14-13(5-6-19-8-13)12(18)15-7-9-3-1-2-4-10(9)11(16)17/h9-10H,1-8,14H2,(H,15,18)(H,16,17). The van der Waals surface area contributed by atoms with E-state index in [2.05, 4.69) is 5.32 Å². The molecule has 1 amide bonds. The van der Waals surface area contributed by atoms with Gasteiger partial charge in [-0.15, -0.1) is 0 Å². The van der Waals surface area contributed by atoms with Gasteiger partial charge in [0, 0.05) is 13.2 Å². The number of carbonyl (C=O) groups is 2. The summed E-state index contributed by atoms with van der Waals surface area (Å²) in [4.78, 5) is 23.2. The van der Waals surface area contributed by atoms with Crippen LogP contribution in [-0.2, 0) is 14.3 Å². The van der Waals surface area contributed by atoms with Crippen LogP contribution in [0, 0.1) is 11.8 Å². The van der Waals surface area contributed by atoms with Crippen molar-refractivity contribution in [3.05, 3.63) is 0 Å². The van der Waals surface area contributed by atoms with Crippen molar-refractivity contribution in [2.75, 3.05) is 19.8 Å². The molecule has 3 atom stereocenters. The zero-order valence-electron chi connectivity index (χ0n) is 11.1. The van der Waals surface area contributed by atoms with Crippen molar-refractivity contribution in [1.29, 1.82) is 0 Å². The van der Waals surface area contributed by atoms with Gasteiger partial charge in [-0.1, -0.05) is 12.8 Å². The first kappa shape index (κ1) is 14.3. The van der Waals surface area contributed by atoms with Crippen molar-refractivity contribution < 1.29 is 19.4 Å². The predicted octanol–water partition coefficient (Wildman–Crippen LogP) is 0.111. The van der Waals surface area contributed by atoms with E-state index in [4.69, 9.17) is 10.5 Å². The van der Waals surface area contributed by atoms with Crippen LogP contribution in [0.3, 0.4) is 0 Å². The Hall–Kier alpha value is -1.14. The molecular weight excluding hydrogens is 248 g/mol. The Morgan fingerprint density at radius 1 is 1.37 bits per heavy atom. The summed E-state index contributed by atoms with van der Waals surface area (Å²) >= 11 is 0. The van der Waals surface area contributed by atoms with E-state index in [0.29, 0.717) is 26.0 Å². The first-order chi connectivity index (χ1) is 9.03. The van der Waals surface area contributed by atoms with Gasteiger partial charge in [-0.2, -0.15) is 0 Å². The first-order valence-corrected chi connectivity index (χ1v) is 6.91. The number of nitrogens with one attached hydrogen (secondary N) is 1. The molecule has 0 radical (unpaired) electrons. The number of carboxylic acids is 1. The molecule has 1 aliphatic heterocycles. The molecule has 6 nitrogen and oxygen atoms in total. The van der Waals surface area contributed by atoms with Gasteiger partial charge < -0.3 is 20.9 Å². The molecule has 1 aliphatic carbocycles. The summed E-state index contributed by atoms with van der Waals surface area (Å²) in [7, 11) is 0. The van der Waals surface area contributed by atoms with Gasteiger partial charge in [-0.25, -0.2) is 0 Å². The van der Waals surface area contributed by atoms with Crippen molar-refractivity contribution in [3.63, 3.8) is 0 Å². The van der Waals surface area contributed by atoms with Gasteiger partial charge in [0.15, 0.2) is 0 Å². The second kappa shape index (κ2) is 5.88. The number of carbonyl (C=O) groups excluding carboxylic acids is 1. The summed E-state index contributed by atoms with van der Waals surface area (Å²) in [5.74, 6) is -1.31. The average Bonchev–Trinajstić information content (AvgIpc) is 2.84. The van der Waals surface area contributed by atoms with Crippen LogP contribution < -0.4 is 11.1 Å². The SMILES string of the molecule is NC1(C(=O)NCC2CCCCC2C(=O)O)CCOC1. The van der Waals surface area contributed by atoms with E-state index >= 15 is 0 Å². The molecule has 0 bridgehead atoms. The molecule has 4 N–H and O–H groups in total. The lowest BCUT2D eigenvalue weighted by molar-refractivity contribution is -0.145. The number of hydrogen-bond donors (Lipinski definition) is 3. The molecule has 1 saturated heterocycles. The van der Waals surface area contributed by atoms with Crippen LogP contribution in [-0.4, -0.2) is 42.3 Å². The van der Waals surface area contributed by atoms with Gasteiger partial charge in [-0.3, -0.25) is 9.59 Å². The highest BCUT2D eigenvalue weighted by atomic mass is 16.5. The Kier molecular flexibility index (Phi) is 4.42. The second-order valence-electron chi connectivity index (χ2n) is 5.66. The minimum absolute atomic E-state index is 0.0149. The molecule has 6 heteroatoms. The van der Waals surface area contributed by atoms with E-state index in [9.17, 15) is 14.7 Å². The molecule has 2 fully saturated rings. The normalized spacial score (nSPS) is 35.0. The van der Waals surface area contributed by atoms with Gasteiger partial charge in [0.25, 0.3) is 0 Å². The third-order valence-electron chi connectivity index (χ3n) is 4.26. The summed E-state index contributed by atoms with van der Waals surface area (Å²) < 4.78 is 5.15. The maximum atomic E-state index is 12.0. The number of amides is 1. The highest BCUT2D eigenvalue weighted by molar-refractivity contribution is 5.86. The topological polar surface area (TPSA) is 102 Å². The molecule has 19 heavy (non-hydrogen) atoms. The lowest BCUT2D eigenvalue weighted by Gasteiger charge is -2.30. The lowest BCUT2D eigenvalue weighted by atomic mass is 9.79. The van der Waals surface area contributed by atoms with Gasteiger partial charge >= 0.3 is 5.97 Å². The number of rotatable bonds is 4. The molecule has 1 heterocycles. The first-order valence-electron chi connectivity index (χ1n) is 6.91.